The third-order valence-corrected chi connectivity index (χ3v) is 7.54. The Hall–Kier alpha value is -1.22. The minimum absolute atomic E-state index is 0. The topological polar surface area (TPSA) is 41.9 Å². The smallest absolute Gasteiger partial charge is 0.185 e. The second-order valence-electron chi connectivity index (χ2n) is 8.32. The number of nitrogens with zero attached hydrogens (tertiary/aromatic N) is 2. The Morgan fingerprint density at radius 2 is 0.941 bits per heavy atom. The maximum Gasteiger partial charge on any atom is 0.185 e. The van der Waals surface area contributed by atoms with Gasteiger partial charge >= 0.3 is 0 Å². The third kappa shape index (κ3) is 7.39. The molecule has 0 radical (unpaired) electrons. The molecule has 0 unspecified atom stereocenters. The Bertz CT molecular complexity index is 1100. The summed E-state index contributed by atoms with van der Waals surface area (Å²) in [6.07, 6.45) is 13.3. The molecule has 0 spiro atoms. The van der Waals surface area contributed by atoms with E-state index in [0.29, 0.717) is 0 Å². The van der Waals surface area contributed by atoms with E-state index in [1.165, 1.54) is 55.8 Å². The number of pyridine rings is 2. The predicted molar refractivity (Wildman–Crippen MR) is 135 cm³/mol. The molecule has 4 nitrogen and oxygen atoms in total. The highest BCUT2D eigenvalue weighted by atomic mass is 79.9. The van der Waals surface area contributed by atoms with Crippen LogP contribution in [0.1, 0.15) is 39.5 Å². The standard InChI is InChI=1S/C26H30N2O2S2.2BrH/c1-19(29)31-13-5-3-11-27-15-21-7-9-23-17-28(12-4-6-14-32-20(2)30)18-24-10-8-22(16-27)25(21)26(23)24;;/h7-10,15-18H,3-6,11-14H2,1-2H3;2*1H/q+2;;/p-2. The van der Waals surface area contributed by atoms with Crippen molar-refractivity contribution >= 4 is 66.1 Å². The Kier molecular flexibility index (Phi) is 11.7. The van der Waals surface area contributed by atoms with Crippen molar-refractivity contribution in [3.05, 3.63) is 49.1 Å². The lowest BCUT2D eigenvalue weighted by Gasteiger charge is -2.09. The summed E-state index contributed by atoms with van der Waals surface area (Å²) < 4.78 is 4.58. The molecule has 0 atom stereocenters. The van der Waals surface area contributed by atoms with Crippen molar-refractivity contribution in [2.75, 3.05) is 11.5 Å². The van der Waals surface area contributed by atoms with Gasteiger partial charge in [-0.1, -0.05) is 23.5 Å². The molecule has 2 heterocycles. The van der Waals surface area contributed by atoms with Gasteiger partial charge < -0.3 is 34.0 Å². The van der Waals surface area contributed by atoms with E-state index in [-0.39, 0.29) is 44.2 Å². The van der Waals surface area contributed by atoms with Gasteiger partial charge in [0.05, 0.1) is 0 Å². The van der Waals surface area contributed by atoms with E-state index in [1.807, 2.05) is 0 Å². The molecule has 0 saturated carbocycles. The minimum Gasteiger partial charge on any atom is -1.00 e. The maximum atomic E-state index is 11.1. The molecule has 2 aromatic carbocycles. The van der Waals surface area contributed by atoms with E-state index >= 15 is 0 Å². The molecule has 4 aromatic rings. The monoisotopic (exact) mass is 624 g/mol. The van der Waals surface area contributed by atoms with Crippen molar-refractivity contribution in [1.82, 2.24) is 0 Å². The molecule has 0 N–H and O–H groups in total. The van der Waals surface area contributed by atoms with Crippen LogP contribution in [0.25, 0.3) is 32.3 Å². The zero-order chi connectivity index (χ0) is 22.5. The van der Waals surface area contributed by atoms with E-state index < -0.39 is 0 Å². The van der Waals surface area contributed by atoms with Gasteiger partial charge in [-0.3, -0.25) is 9.59 Å². The first-order valence-corrected chi connectivity index (χ1v) is 13.3. The summed E-state index contributed by atoms with van der Waals surface area (Å²) in [6, 6.07) is 8.94. The van der Waals surface area contributed by atoms with Gasteiger partial charge in [0.2, 0.25) is 0 Å². The fourth-order valence-corrected chi connectivity index (χ4v) is 5.58. The van der Waals surface area contributed by atoms with Gasteiger partial charge in [-0.2, -0.15) is 0 Å². The maximum absolute atomic E-state index is 11.1. The molecule has 0 aliphatic rings. The van der Waals surface area contributed by atoms with Gasteiger partial charge in [0.25, 0.3) is 0 Å². The first-order chi connectivity index (χ1) is 15.5. The summed E-state index contributed by atoms with van der Waals surface area (Å²) in [5, 5.41) is 8.19. The zero-order valence-electron chi connectivity index (χ0n) is 19.6. The van der Waals surface area contributed by atoms with Crippen LogP contribution in [0, 0.1) is 0 Å². The highest BCUT2D eigenvalue weighted by Crippen LogP contribution is 2.32. The lowest BCUT2D eigenvalue weighted by molar-refractivity contribution is -0.695. The average molecular weight is 626 g/mol. The van der Waals surface area contributed by atoms with Crippen molar-refractivity contribution in [1.29, 1.82) is 0 Å². The van der Waals surface area contributed by atoms with E-state index in [9.17, 15) is 9.59 Å². The molecule has 0 bridgehead atoms. The molecule has 182 valence electrons. The highest BCUT2D eigenvalue weighted by Gasteiger charge is 2.16. The van der Waals surface area contributed by atoms with Crippen LogP contribution < -0.4 is 43.1 Å². The molecule has 34 heavy (non-hydrogen) atoms. The number of thioether (sulfide) groups is 2. The van der Waals surface area contributed by atoms with Crippen molar-refractivity contribution in [3.63, 3.8) is 0 Å². The van der Waals surface area contributed by atoms with Crippen molar-refractivity contribution < 1.29 is 52.7 Å². The second kappa shape index (κ2) is 13.8. The van der Waals surface area contributed by atoms with E-state index in [1.54, 1.807) is 13.8 Å². The molecule has 8 heteroatoms. The number of unbranched alkanes of at least 4 members (excludes halogenated alkanes) is 2. The number of halogens is 2. The summed E-state index contributed by atoms with van der Waals surface area (Å²) in [6.45, 7) is 5.21. The van der Waals surface area contributed by atoms with Gasteiger partial charge in [0.1, 0.15) is 13.1 Å². The lowest BCUT2D eigenvalue weighted by atomic mass is 9.97. The third-order valence-electron chi connectivity index (χ3n) is 5.74. The molecular weight excluding hydrogens is 596 g/mol. The summed E-state index contributed by atoms with van der Waals surface area (Å²) in [4.78, 5) is 22.2. The normalized spacial score (nSPS) is 11.0. The second-order valence-corrected chi connectivity index (χ2v) is 10.9. The number of aromatic nitrogens is 2. The number of hydrogen-bond donors (Lipinski definition) is 0. The highest BCUT2D eigenvalue weighted by molar-refractivity contribution is 8.13. The van der Waals surface area contributed by atoms with Gasteiger partial charge in [0, 0.05) is 70.5 Å². The van der Waals surface area contributed by atoms with Crippen molar-refractivity contribution in [2.24, 2.45) is 0 Å². The van der Waals surface area contributed by atoms with Gasteiger partial charge in [0.15, 0.2) is 35.0 Å². The number of rotatable bonds is 10. The van der Waals surface area contributed by atoms with Crippen LogP contribution in [0.3, 0.4) is 0 Å². The zero-order valence-corrected chi connectivity index (χ0v) is 24.4. The molecule has 0 saturated heterocycles. The molecule has 0 aliphatic carbocycles. The van der Waals surface area contributed by atoms with E-state index in [4.69, 9.17) is 0 Å². The number of carbonyl (C=O) groups is 2. The molecule has 2 aromatic heterocycles. The Morgan fingerprint density at radius 3 is 1.24 bits per heavy atom. The van der Waals surface area contributed by atoms with Crippen LogP contribution in [-0.4, -0.2) is 21.7 Å². The summed E-state index contributed by atoms with van der Waals surface area (Å²) >= 11 is 2.84. The van der Waals surface area contributed by atoms with Gasteiger partial charge in [-0.25, -0.2) is 9.13 Å². The van der Waals surface area contributed by atoms with Crippen LogP contribution in [0.2, 0.25) is 0 Å². The average Bonchev–Trinajstić information content (AvgIpc) is 2.76. The summed E-state index contributed by atoms with van der Waals surface area (Å²) in [5.41, 5.74) is 0. The fourth-order valence-electron chi connectivity index (χ4n) is 4.31. The largest absolute Gasteiger partial charge is 1.00 e. The quantitative estimate of drug-likeness (QED) is 0.133. The van der Waals surface area contributed by atoms with Crippen LogP contribution in [0.4, 0.5) is 0 Å². The first-order valence-electron chi connectivity index (χ1n) is 11.3. The van der Waals surface area contributed by atoms with E-state index in [2.05, 4.69) is 58.2 Å². The van der Waals surface area contributed by atoms with Crippen LogP contribution in [-0.2, 0) is 22.7 Å². The number of benzene rings is 2. The Balaban J connectivity index is 0.00000204. The van der Waals surface area contributed by atoms with Crippen molar-refractivity contribution in [3.8, 4) is 0 Å². The van der Waals surface area contributed by atoms with Crippen LogP contribution >= 0.6 is 23.5 Å². The van der Waals surface area contributed by atoms with Gasteiger partial charge in [-0.15, -0.1) is 0 Å². The predicted octanol–water partition coefficient (Wildman–Crippen LogP) is -0.713. The summed E-state index contributed by atoms with van der Waals surface area (Å²) in [7, 11) is 0. The summed E-state index contributed by atoms with van der Waals surface area (Å²) in [5.74, 6) is 1.81. The van der Waals surface area contributed by atoms with Crippen molar-refractivity contribution in [2.45, 2.75) is 52.6 Å². The number of hydrogen-bond acceptors (Lipinski definition) is 4. The fraction of sp³-hybridized carbons (Fsp3) is 0.385. The van der Waals surface area contributed by atoms with E-state index in [0.717, 1.165) is 50.3 Å². The lowest BCUT2D eigenvalue weighted by Crippen LogP contribution is -3.00. The number of carbonyl (C=O) groups excluding carboxylic acids is 2. The first kappa shape index (κ1) is 29.0. The SMILES string of the molecule is CC(=O)SCCCC[n+]1cc2ccc3c[n+](CCCCSC(C)=O)cc4ccc(c1)c2c34.[Br-].[Br-]. The van der Waals surface area contributed by atoms with Crippen LogP contribution in [0.5, 0.6) is 0 Å². The van der Waals surface area contributed by atoms with Gasteiger partial charge in [-0.05, 0) is 37.1 Å². The molecule has 0 fully saturated rings. The molecule has 0 aliphatic heterocycles. The Labute approximate surface area is 230 Å². The molecular formula is C26H30Br2N2O2S2. The minimum atomic E-state index is 0. The Morgan fingerprint density at radius 1 is 0.618 bits per heavy atom. The number of aryl methyl sites for hydroxylation is 2. The molecule has 4 rings (SSSR count). The van der Waals surface area contributed by atoms with Crippen LogP contribution in [0.15, 0.2) is 49.1 Å². The molecule has 0 amide bonds.